The highest BCUT2D eigenvalue weighted by atomic mass is 32.1. The normalized spacial score (nSPS) is 17.2. The lowest BCUT2D eigenvalue weighted by Crippen LogP contribution is -2.63. The average Bonchev–Trinajstić information content (AvgIpc) is 2.78. The Bertz CT molecular complexity index is 659. The van der Waals surface area contributed by atoms with Gasteiger partial charge in [-0.25, -0.2) is 0 Å². The zero-order chi connectivity index (χ0) is 14.3. The number of benzene rings is 1. The van der Waals surface area contributed by atoms with Crippen LogP contribution in [0, 0.1) is 0 Å². The van der Waals surface area contributed by atoms with Gasteiger partial charge in [-0.1, -0.05) is 13.3 Å². The van der Waals surface area contributed by atoms with E-state index in [4.69, 9.17) is 5.73 Å². The number of nitrogen functional groups attached to an aromatic ring is 1. The first-order valence-corrected chi connectivity index (χ1v) is 7.63. The molecular formula is C15H18N2O2S. The molecule has 106 valence electrons. The summed E-state index contributed by atoms with van der Waals surface area (Å²) in [6.07, 6.45) is 1.68. The molecule has 0 bridgehead atoms. The van der Waals surface area contributed by atoms with Crippen LogP contribution in [0.2, 0.25) is 0 Å². The number of amides is 1. The van der Waals surface area contributed by atoms with Gasteiger partial charge in [0.25, 0.3) is 5.91 Å². The van der Waals surface area contributed by atoms with Gasteiger partial charge in [-0.3, -0.25) is 4.79 Å². The lowest BCUT2D eigenvalue weighted by molar-refractivity contribution is -0.0858. The van der Waals surface area contributed by atoms with Crippen molar-refractivity contribution >= 4 is 33.0 Å². The zero-order valence-corrected chi connectivity index (χ0v) is 12.2. The third-order valence-electron chi connectivity index (χ3n) is 3.72. The van der Waals surface area contributed by atoms with Gasteiger partial charge in [-0.2, -0.15) is 0 Å². The standard InChI is InChI=1S/C15H18N2O2S/c1-2-5-15(19)8-17(9-15)14(18)13-7-10-6-11(16)3-4-12(10)20-13/h3-4,6-7,19H,2,5,8-9,16H2,1H3. The Morgan fingerprint density at radius 3 is 2.90 bits per heavy atom. The lowest BCUT2D eigenvalue weighted by Gasteiger charge is -2.46. The first kappa shape index (κ1) is 13.4. The van der Waals surface area contributed by atoms with Gasteiger partial charge >= 0.3 is 0 Å². The summed E-state index contributed by atoms with van der Waals surface area (Å²) in [7, 11) is 0. The second kappa shape index (κ2) is 4.75. The summed E-state index contributed by atoms with van der Waals surface area (Å²) in [5, 5.41) is 11.1. The number of carbonyl (C=O) groups is 1. The summed E-state index contributed by atoms with van der Waals surface area (Å²) < 4.78 is 1.06. The first-order chi connectivity index (χ1) is 9.50. The number of thiophene rings is 1. The molecule has 3 N–H and O–H groups in total. The van der Waals surface area contributed by atoms with E-state index >= 15 is 0 Å². The van der Waals surface area contributed by atoms with Gasteiger partial charge in [0, 0.05) is 10.4 Å². The van der Waals surface area contributed by atoms with Gasteiger partial charge in [-0.05, 0) is 36.1 Å². The molecule has 0 unspecified atom stereocenters. The molecule has 1 aromatic carbocycles. The molecule has 0 spiro atoms. The Hall–Kier alpha value is -1.59. The SMILES string of the molecule is CCCC1(O)CN(C(=O)c2cc3cc(N)ccc3s2)C1. The van der Waals surface area contributed by atoms with Crippen LogP contribution in [-0.2, 0) is 0 Å². The number of likely N-dealkylation sites (tertiary alicyclic amines) is 1. The summed E-state index contributed by atoms with van der Waals surface area (Å²) in [5.41, 5.74) is 5.78. The van der Waals surface area contributed by atoms with Crippen LogP contribution in [0.1, 0.15) is 29.4 Å². The zero-order valence-electron chi connectivity index (χ0n) is 11.4. The van der Waals surface area contributed by atoms with E-state index in [1.165, 1.54) is 11.3 Å². The predicted octanol–water partition coefficient (Wildman–Crippen LogP) is 2.47. The molecule has 0 saturated carbocycles. The van der Waals surface area contributed by atoms with Crippen LogP contribution in [-0.4, -0.2) is 34.6 Å². The van der Waals surface area contributed by atoms with Crippen molar-refractivity contribution in [2.45, 2.75) is 25.4 Å². The molecule has 0 radical (unpaired) electrons. The summed E-state index contributed by atoms with van der Waals surface area (Å²) in [6.45, 7) is 2.92. The number of nitrogens with zero attached hydrogens (tertiary/aromatic N) is 1. The van der Waals surface area contributed by atoms with E-state index in [0.717, 1.165) is 22.9 Å². The maximum absolute atomic E-state index is 12.4. The summed E-state index contributed by atoms with van der Waals surface area (Å²) >= 11 is 1.48. The van der Waals surface area contributed by atoms with Crippen LogP contribution in [0.5, 0.6) is 0 Å². The van der Waals surface area contributed by atoms with Gasteiger partial charge in [-0.15, -0.1) is 11.3 Å². The number of β-amino-alcohol motifs (C(OH)–C–C–N with tert-alkyl or cyclic N) is 1. The number of hydrogen-bond donors (Lipinski definition) is 2. The third kappa shape index (κ3) is 2.27. The van der Waals surface area contributed by atoms with Crippen molar-refractivity contribution in [1.29, 1.82) is 0 Å². The highest BCUT2D eigenvalue weighted by Gasteiger charge is 2.43. The molecule has 1 saturated heterocycles. The van der Waals surface area contributed by atoms with E-state index in [0.29, 0.717) is 23.7 Å². The van der Waals surface area contributed by atoms with E-state index in [1.807, 2.05) is 31.2 Å². The number of hydrogen-bond acceptors (Lipinski definition) is 4. The lowest BCUT2D eigenvalue weighted by atomic mass is 9.89. The van der Waals surface area contributed by atoms with E-state index in [1.54, 1.807) is 4.90 Å². The quantitative estimate of drug-likeness (QED) is 0.853. The minimum atomic E-state index is -0.675. The van der Waals surface area contributed by atoms with Gasteiger partial charge in [0.1, 0.15) is 0 Å². The smallest absolute Gasteiger partial charge is 0.264 e. The fourth-order valence-electron chi connectivity index (χ4n) is 2.75. The van der Waals surface area contributed by atoms with Crippen molar-refractivity contribution in [2.75, 3.05) is 18.8 Å². The van der Waals surface area contributed by atoms with Crippen molar-refractivity contribution in [2.24, 2.45) is 0 Å². The second-order valence-electron chi connectivity index (χ2n) is 5.54. The Labute approximate surface area is 121 Å². The van der Waals surface area contributed by atoms with Crippen LogP contribution in [0.15, 0.2) is 24.3 Å². The Kier molecular flexibility index (Phi) is 3.18. The fourth-order valence-corrected chi connectivity index (χ4v) is 3.77. The molecule has 2 aromatic rings. The minimum Gasteiger partial charge on any atom is -0.399 e. The largest absolute Gasteiger partial charge is 0.399 e. The fraction of sp³-hybridized carbons (Fsp3) is 0.400. The van der Waals surface area contributed by atoms with Gasteiger partial charge in [0.2, 0.25) is 0 Å². The molecule has 0 aliphatic carbocycles. The Balaban J connectivity index is 1.77. The average molecular weight is 290 g/mol. The van der Waals surface area contributed by atoms with Gasteiger partial charge in [0.05, 0.1) is 23.6 Å². The van der Waals surface area contributed by atoms with Crippen molar-refractivity contribution in [3.05, 3.63) is 29.1 Å². The van der Waals surface area contributed by atoms with Crippen LogP contribution >= 0.6 is 11.3 Å². The Morgan fingerprint density at radius 2 is 2.20 bits per heavy atom. The molecule has 1 aromatic heterocycles. The van der Waals surface area contributed by atoms with E-state index < -0.39 is 5.60 Å². The van der Waals surface area contributed by atoms with Gasteiger partial charge in [0.15, 0.2) is 0 Å². The highest BCUT2D eigenvalue weighted by molar-refractivity contribution is 7.20. The highest BCUT2D eigenvalue weighted by Crippen LogP contribution is 2.32. The molecule has 2 heterocycles. The van der Waals surface area contributed by atoms with Crippen LogP contribution in [0.4, 0.5) is 5.69 Å². The third-order valence-corrected chi connectivity index (χ3v) is 4.83. The van der Waals surface area contributed by atoms with Crippen molar-refractivity contribution < 1.29 is 9.90 Å². The number of fused-ring (bicyclic) bond motifs is 1. The van der Waals surface area contributed by atoms with Crippen molar-refractivity contribution in [3.8, 4) is 0 Å². The van der Waals surface area contributed by atoms with E-state index in [-0.39, 0.29) is 5.91 Å². The molecule has 1 amide bonds. The summed E-state index contributed by atoms with van der Waals surface area (Å²) in [4.78, 5) is 14.8. The summed E-state index contributed by atoms with van der Waals surface area (Å²) in [6, 6.07) is 7.55. The number of anilines is 1. The van der Waals surface area contributed by atoms with Crippen molar-refractivity contribution in [3.63, 3.8) is 0 Å². The van der Waals surface area contributed by atoms with Crippen molar-refractivity contribution in [1.82, 2.24) is 4.90 Å². The Morgan fingerprint density at radius 1 is 1.45 bits per heavy atom. The molecule has 0 atom stereocenters. The topological polar surface area (TPSA) is 66.6 Å². The summed E-state index contributed by atoms with van der Waals surface area (Å²) in [5.74, 6) is 0.00514. The predicted molar refractivity (Wildman–Crippen MR) is 82.0 cm³/mol. The number of carbonyl (C=O) groups excluding carboxylic acids is 1. The molecule has 20 heavy (non-hydrogen) atoms. The monoisotopic (exact) mass is 290 g/mol. The van der Waals surface area contributed by atoms with E-state index in [2.05, 4.69) is 0 Å². The molecule has 4 nitrogen and oxygen atoms in total. The molecule has 1 aliphatic heterocycles. The number of nitrogens with two attached hydrogens (primary N) is 1. The minimum absolute atomic E-state index is 0.00514. The van der Waals surface area contributed by atoms with Gasteiger partial charge < -0.3 is 15.7 Å². The maximum Gasteiger partial charge on any atom is 0.264 e. The maximum atomic E-state index is 12.4. The van der Waals surface area contributed by atoms with Crippen LogP contribution < -0.4 is 5.73 Å². The molecule has 1 aliphatic rings. The first-order valence-electron chi connectivity index (χ1n) is 6.81. The van der Waals surface area contributed by atoms with E-state index in [9.17, 15) is 9.90 Å². The van der Waals surface area contributed by atoms with Crippen LogP contribution in [0.3, 0.4) is 0 Å². The number of rotatable bonds is 3. The molecular weight excluding hydrogens is 272 g/mol. The van der Waals surface area contributed by atoms with Crippen LogP contribution in [0.25, 0.3) is 10.1 Å². The molecule has 1 fully saturated rings. The second-order valence-corrected chi connectivity index (χ2v) is 6.63. The molecule has 3 rings (SSSR count). The number of aliphatic hydroxyl groups is 1. The molecule has 5 heteroatoms.